The maximum Gasteiger partial charge on any atom is 0.417 e. The zero-order chi connectivity index (χ0) is 13.6. The van der Waals surface area contributed by atoms with Gasteiger partial charge in [-0.05, 0) is 12.1 Å². The highest BCUT2D eigenvalue weighted by Crippen LogP contribution is 2.29. The molecule has 7 nitrogen and oxygen atoms in total. The minimum absolute atomic E-state index is 0.0290. The van der Waals surface area contributed by atoms with E-state index in [-0.39, 0.29) is 23.2 Å². The smallest absolute Gasteiger partial charge is 0.366 e. The predicted molar refractivity (Wildman–Crippen MR) is 57.8 cm³/mol. The van der Waals surface area contributed by atoms with Crippen LogP contribution in [0.5, 0.6) is 0 Å². The monoisotopic (exact) mass is 269 g/mol. The fourth-order valence-electron chi connectivity index (χ4n) is 1.59. The summed E-state index contributed by atoms with van der Waals surface area (Å²) in [5.41, 5.74) is 4.79. The molecule has 3 aromatic rings. The van der Waals surface area contributed by atoms with Gasteiger partial charge in [-0.2, -0.15) is 18.2 Å². The van der Waals surface area contributed by atoms with Gasteiger partial charge in [0.05, 0.1) is 5.56 Å². The van der Waals surface area contributed by atoms with Gasteiger partial charge in [0, 0.05) is 6.20 Å². The molecule has 0 spiro atoms. The van der Waals surface area contributed by atoms with Crippen LogP contribution in [0.2, 0.25) is 0 Å². The molecular formula is C9H6F3N7. The van der Waals surface area contributed by atoms with E-state index in [9.17, 15) is 13.2 Å². The van der Waals surface area contributed by atoms with Crippen LogP contribution in [0.25, 0.3) is 17.3 Å². The minimum Gasteiger partial charge on any atom is -0.366 e. The summed E-state index contributed by atoms with van der Waals surface area (Å²) in [4.78, 5) is 3.80. The van der Waals surface area contributed by atoms with Crippen molar-refractivity contribution in [2.45, 2.75) is 6.18 Å². The summed E-state index contributed by atoms with van der Waals surface area (Å²) >= 11 is 0. The van der Waals surface area contributed by atoms with E-state index in [0.29, 0.717) is 0 Å². The number of aromatic amines is 1. The van der Waals surface area contributed by atoms with Gasteiger partial charge in [0.2, 0.25) is 11.8 Å². The van der Waals surface area contributed by atoms with Crippen molar-refractivity contribution >= 4 is 11.6 Å². The third-order valence-electron chi connectivity index (χ3n) is 2.44. The number of nitrogens with two attached hydrogens (primary N) is 1. The van der Waals surface area contributed by atoms with Gasteiger partial charge in [-0.15, -0.1) is 15.3 Å². The Morgan fingerprint density at radius 2 is 2.00 bits per heavy atom. The Kier molecular flexibility index (Phi) is 2.21. The topological polar surface area (TPSA) is 97.8 Å². The van der Waals surface area contributed by atoms with Crippen molar-refractivity contribution < 1.29 is 13.2 Å². The molecule has 0 aliphatic carbocycles. The molecule has 0 aliphatic heterocycles. The van der Waals surface area contributed by atoms with Gasteiger partial charge in [0.25, 0.3) is 0 Å². The normalized spacial score (nSPS) is 12.2. The van der Waals surface area contributed by atoms with E-state index >= 15 is 0 Å². The van der Waals surface area contributed by atoms with Crippen molar-refractivity contribution in [3.05, 3.63) is 23.9 Å². The number of fused-ring (bicyclic) bond motifs is 1. The number of H-pyrrole nitrogens is 1. The molecule has 3 heterocycles. The number of alkyl halides is 3. The molecule has 0 aliphatic rings. The fraction of sp³-hybridized carbons (Fsp3) is 0.111. The Morgan fingerprint density at radius 1 is 1.21 bits per heavy atom. The lowest BCUT2D eigenvalue weighted by Crippen LogP contribution is -2.06. The van der Waals surface area contributed by atoms with Crippen molar-refractivity contribution in [1.29, 1.82) is 0 Å². The largest absolute Gasteiger partial charge is 0.417 e. The third kappa shape index (κ3) is 1.86. The number of hydrogen-bond acceptors (Lipinski definition) is 5. The second kappa shape index (κ2) is 3.67. The molecule has 0 fully saturated rings. The van der Waals surface area contributed by atoms with E-state index < -0.39 is 11.7 Å². The second-order valence-electron chi connectivity index (χ2n) is 3.71. The van der Waals surface area contributed by atoms with Crippen molar-refractivity contribution in [2.24, 2.45) is 0 Å². The lowest BCUT2D eigenvalue weighted by Gasteiger charge is -2.06. The van der Waals surface area contributed by atoms with Gasteiger partial charge in [-0.3, -0.25) is 9.50 Å². The molecule has 0 bridgehead atoms. The molecule has 98 valence electrons. The number of nitrogen functional groups attached to an aromatic ring is 1. The van der Waals surface area contributed by atoms with E-state index in [1.54, 1.807) is 0 Å². The molecular weight excluding hydrogens is 263 g/mol. The van der Waals surface area contributed by atoms with Crippen LogP contribution in [-0.4, -0.2) is 29.8 Å². The van der Waals surface area contributed by atoms with Gasteiger partial charge in [0.15, 0.2) is 11.5 Å². The molecule has 0 unspecified atom stereocenters. The maximum absolute atomic E-state index is 12.7. The second-order valence-corrected chi connectivity index (χ2v) is 3.71. The first-order chi connectivity index (χ1) is 8.95. The molecule has 3 N–H and O–H groups in total. The number of halogens is 3. The predicted octanol–water partition coefficient (Wildman–Crippen LogP) is 1.12. The summed E-state index contributed by atoms with van der Waals surface area (Å²) in [5, 5.41) is 13.6. The first kappa shape index (κ1) is 11.4. The van der Waals surface area contributed by atoms with Gasteiger partial charge in [0.1, 0.15) is 0 Å². The van der Waals surface area contributed by atoms with Gasteiger partial charge >= 0.3 is 6.18 Å². The summed E-state index contributed by atoms with van der Waals surface area (Å²) < 4.78 is 39.1. The molecule has 10 heteroatoms. The summed E-state index contributed by atoms with van der Waals surface area (Å²) in [6.45, 7) is 0. The molecule has 0 saturated heterocycles. The average molecular weight is 269 g/mol. The number of rotatable bonds is 1. The highest BCUT2D eigenvalue weighted by atomic mass is 19.4. The standard InChI is InChI=1S/C9H6F3N7/c10-9(11,12)4-1-2-5-15-17-7(19(5)3-4)6-14-8(13)18-16-6/h1-3H,(H3,13,14,16,18). The summed E-state index contributed by atoms with van der Waals surface area (Å²) in [6.07, 6.45) is -3.56. The average Bonchev–Trinajstić information content (AvgIpc) is 2.92. The number of hydrogen-bond donors (Lipinski definition) is 2. The number of nitrogens with one attached hydrogen (secondary N) is 1. The molecule has 0 amide bonds. The maximum atomic E-state index is 12.7. The number of nitrogens with zero attached hydrogens (tertiary/aromatic N) is 5. The fourth-order valence-corrected chi connectivity index (χ4v) is 1.59. The molecule has 0 saturated carbocycles. The zero-order valence-electron chi connectivity index (χ0n) is 9.18. The van der Waals surface area contributed by atoms with E-state index in [1.807, 2.05) is 0 Å². The number of pyridine rings is 1. The molecule has 0 aromatic carbocycles. The molecule has 3 rings (SSSR count). The molecule has 19 heavy (non-hydrogen) atoms. The molecule has 0 atom stereocenters. The van der Waals surface area contributed by atoms with Crippen LogP contribution in [-0.2, 0) is 6.18 Å². The van der Waals surface area contributed by atoms with Crippen LogP contribution in [0, 0.1) is 0 Å². The number of anilines is 1. The van der Waals surface area contributed by atoms with Crippen LogP contribution >= 0.6 is 0 Å². The van der Waals surface area contributed by atoms with Gasteiger partial charge in [-0.1, -0.05) is 0 Å². The summed E-state index contributed by atoms with van der Waals surface area (Å²) in [7, 11) is 0. The first-order valence-electron chi connectivity index (χ1n) is 5.05. The highest BCUT2D eigenvalue weighted by molar-refractivity contribution is 5.53. The minimum atomic E-state index is -4.45. The Labute approximate surface area is 103 Å². The van der Waals surface area contributed by atoms with E-state index in [0.717, 1.165) is 12.3 Å². The Bertz CT molecular complexity index is 742. The lowest BCUT2D eigenvalue weighted by atomic mass is 10.3. The highest BCUT2D eigenvalue weighted by Gasteiger charge is 2.31. The van der Waals surface area contributed by atoms with Crippen LogP contribution < -0.4 is 5.73 Å². The third-order valence-corrected chi connectivity index (χ3v) is 2.44. The Hall–Kier alpha value is -2.65. The first-order valence-corrected chi connectivity index (χ1v) is 5.05. The van der Waals surface area contributed by atoms with Crippen molar-refractivity contribution in [3.63, 3.8) is 0 Å². The van der Waals surface area contributed by atoms with E-state index in [4.69, 9.17) is 5.73 Å². The summed E-state index contributed by atoms with van der Waals surface area (Å²) in [6, 6.07) is 2.15. The van der Waals surface area contributed by atoms with E-state index in [1.165, 1.54) is 10.5 Å². The number of aromatic nitrogens is 6. The Balaban J connectivity index is 2.21. The quantitative estimate of drug-likeness (QED) is 0.689. The van der Waals surface area contributed by atoms with Crippen molar-refractivity contribution in [3.8, 4) is 11.6 Å². The molecule has 3 aromatic heterocycles. The van der Waals surface area contributed by atoms with Crippen molar-refractivity contribution in [2.75, 3.05) is 5.73 Å². The molecule has 0 radical (unpaired) electrons. The van der Waals surface area contributed by atoms with Crippen LogP contribution in [0.1, 0.15) is 5.56 Å². The Morgan fingerprint density at radius 3 is 2.63 bits per heavy atom. The van der Waals surface area contributed by atoms with Crippen LogP contribution in [0.15, 0.2) is 18.3 Å². The summed E-state index contributed by atoms with van der Waals surface area (Å²) in [5.74, 6) is 0.216. The van der Waals surface area contributed by atoms with Gasteiger partial charge < -0.3 is 5.73 Å². The van der Waals surface area contributed by atoms with Crippen LogP contribution in [0.3, 0.4) is 0 Å². The zero-order valence-corrected chi connectivity index (χ0v) is 9.18. The van der Waals surface area contributed by atoms with E-state index in [2.05, 4.69) is 25.4 Å². The SMILES string of the molecule is Nc1n[nH]c(-c2nnc3ccc(C(F)(F)F)cn23)n1. The van der Waals surface area contributed by atoms with Crippen LogP contribution in [0.4, 0.5) is 19.1 Å². The van der Waals surface area contributed by atoms with Crippen molar-refractivity contribution in [1.82, 2.24) is 29.8 Å². The van der Waals surface area contributed by atoms with Gasteiger partial charge in [-0.25, -0.2) is 0 Å². The lowest BCUT2D eigenvalue weighted by molar-refractivity contribution is -0.137.